The van der Waals surface area contributed by atoms with Crippen molar-refractivity contribution in [3.8, 4) is 5.75 Å². The van der Waals surface area contributed by atoms with Gasteiger partial charge in [0.25, 0.3) is 5.91 Å². The van der Waals surface area contributed by atoms with Crippen molar-refractivity contribution < 1.29 is 18.7 Å². The Morgan fingerprint density at radius 1 is 1.58 bits per heavy atom. The summed E-state index contributed by atoms with van der Waals surface area (Å²) in [5, 5.41) is 0. The highest BCUT2D eigenvalue weighted by Crippen LogP contribution is 2.23. The van der Waals surface area contributed by atoms with Crippen molar-refractivity contribution in [1.29, 1.82) is 0 Å². The molecule has 0 saturated carbocycles. The van der Waals surface area contributed by atoms with Gasteiger partial charge >= 0.3 is 0 Å². The number of benzene rings is 1. The molecule has 3 N–H and O–H groups in total. The van der Waals surface area contributed by atoms with Crippen LogP contribution in [-0.2, 0) is 9.53 Å². The van der Waals surface area contributed by atoms with E-state index < -0.39 is 6.10 Å². The van der Waals surface area contributed by atoms with Gasteiger partial charge in [-0.1, -0.05) is 0 Å². The molecule has 104 valence electrons. The SMILES string of the molecule is Cc1cc(F)ccc1OCC1CCC(C(=O)NN)O1. The van der Waals surface area contributed by atoms with E-state index in [0.29, 0.717) is 18.8 Å². The summed E-state index contributed by atoms with van der Waals surface area (Å²) in [6, 6.07) is 4.35. The van der Waals surface area contributed by atoms with Crippen molar-refractivity contribution in [2.45, 2.75) is 32.0 Å². The summed E-state index contributed by atoms with van der Waals surface area (Å²) in [7, 11) is 0. The van der Waals surface area contributed by atoms with Gasteiger partial charge < -0.3 is 9.47 Å². The van der Waals surface area contributed by atoms with Crippen LogP contribution in [0.25, 0.3) is 0 Å². The number of carbonyl (C=O) groups excluding carboxylic acids is 1. The van der Waals surface area contributed by atoms with E-state index in [9.17, 15) is 9.18 Å². The fourth-order valence-corrected chi connectivity index (χ4v) is 2.07. The Kier molecular flexibility index (Phi) is 4.34. The van der Waals surface area contributed by atoms with Crippen LogP contribution in [0.2, 0.25) is 0 Å². The topological polar surface area (TPSA) is 73.6 Å². The van der Waals surface area contributed by atoms with Crippen LogP contribution < -0.4 is 16.0 Å². The first-order chi connectivity index (χ1) is 9.10. The fourth-order valence-electron chi connectivity index (χ4n) is 2.07. The molecule has 0 aliphatic carbocycles. The van der Waals surface area contributed by atoms with Crippen molar-refractivity contribution in [3.05, 3.63) is 29.6 Å². The van der Waals surface area contributed by atoms with E-state index in [4.69, 9.17) is 15.3 Å². The molecule has 1 aromatic rings. The maximum Gasteiger partial charge on any atom is 0.263 e. The van der Waals surface area contributed by atoms with Crippen LogP contribution in [0.4, 0.5) is 4.39 Å². The third-order valence-corrected chi connectivity index (χ3v) is 3.10. The Morgan fingerprint density at radius 2 is 2.37 bits per heavy atom. The second-order valence-electron chi connectivity index (χ2n) is 4.55. The van der Waals surface area contributed by atoms with Gasteiger partial charge in [-0.05, 0) is 43.5 Å². The summed E-state index contributed by atoms with van der Waals surface area (Å²) in [5.74, 6) is 5.06. The van der Waals surface area contributed by atoms with Crippen molar-refractivity contribution in [1.82, 2.24) is 5.43 Å². The van der Waals surface area contributed by atoms with Crippen LogP contribution in [0.1, 0.15) is 18.4 Å². The highest BCUT2D eigenvalue weighted by Gasteiger charge is 2.30. The van der Waals surface area contributed by atoms with E-state index in [1.165, 1.54) is 12.1 Å². The van der Waals surface area contributed by atoms with Crippen LogP contribution in [-0.4, -0.2) is 24.7 Å². The van der Waals surface area contributed by atoms with Gasteiger partial charge in [0, 0.05) is 0 Å². The highest BCUT2D eigenvalue weighted by molar-refractivity contribution is 5.80. The van der Waals surface area contributed by atoms with Gasteiger partial charge in [-0.15, -0.1) is 0 Å². The smallest absolute Gasteiger partial charge is 0.263 e. The molecule has 1 aliphatic heterocycles. The van der Waals surface area contributed by atoms with Crippen LogP contribution in [0.3, 0.4) is 0 Å². The van der Waals surface area contributed by atoms with Gasteiger partial charge in [-0.25, -0.2) is 10.2 Å². The van der Waals surface area contributed by atoms with Crippen molar-refractivity contribution in [2.75, 3.05) is 6.61 Å². The van der Waals surface area contributed by atoms with Crippen molar-refractivity contribution in [3.63, 3.8) is 0 Å². The van der Waals surface area contributed by atoms with Gasteiger partial charge in [0.05, 0.1) is 6.10 Å². The first-order valence-electron chi connectivity index (χ1n) is 6.15. The highest BCUT2D eigenvalue weighted by atomic mass is 19.1. The Balaban J connectivity index is 1.85. The number of amides is 1. The lowest BCUT2D eigenvalue weighted by Crippen LogP contribution is -2.39. The molecule has 2 unspecified atom stereocenters. The summed E-state index contributed by atoms with van der Waals surface area (Å²) in [4.78, 5) is 11.3. The molecule has 1 aliphatic rings. The molecule has 0 spiro atoms. The fraction of sp³-hybridized carbons (Fsp3) is 0.462. The summed E-state index contributed by atoms with van der Waals surface area (Å²) in [5.41, 5.74) is 2.80. The maximum absolute atomic E-state index is 12.9. The number of aryl methyl sites for hydroxylation is 1. The molecule has 1 amide bonds. The molecular weight excluding hydrogens is 251 g/mol. The molecule has 1 heterocycles. The lowest BCUT2D eigenvalue weighted by Gasteiger charge is -2.15. The average Bonchev–Trinajstić information content (AvgIpc) is 2.85. The number of halogens is 1. The molecule has 2 atom stereocenters. The van der Waals surface area contributed by atoms with E-state index in [2.05, 4.69) is 5.43 Å². The Labute approximate surface area is 110 Å². The van der Waals surface area contributed by atoms with E-state index in [-0.39, 0.29) is 17.8 Å². The van der Waals surface area contributed by atoms with Gasteiger partial charge in [0.15, 0.2) is 0 Å². The molecule has 5 nitrogen and oxygen atoms in total. The Bertz CT molecular complexity index is 467. The van der Waals surface area contributed by atoms with Crippen molar-refractivity contribution in [2.24, 2.45) is 5.84 Å². The standard InChI is InChI=1S/C13H17FN2O3/c1-8-6-9(14)2-4-11(8)18-7-10-3-5-12(19-10)13(17)16-15/h2,4,6,10,12H,3,5,7,15H2,1H3,(H,16,17). The molecule has 19 heavy (non-hydrogen) atoms. The molecule has 1 saturated heterocycles. The van der Waals surface area contributed by atoms with Crippen LogP contribution in [0.15, 0.2) is 18.2 Å². The number of nitrogens with two attached hydrogens (primary N) is 1. The first kappa shape index (κ1) is 13.8. The minimum absolute atomic E-state index is 0.147. The zero-order chi connectivity index (χ0) is 13.8. The van der Waals surface area contributed by atoms with E-state index in [1.807, 2.05) is 0 Å². The van der Waals surface area contributed by atoms with Crippen LogP contribution in [0, 0.1) is 12.7 Å². The van der Waals surface area contributed by atoms with Crippen LogP contribution in [0.5, 0.6) is 5.75 Å². The second kappa shape index (κ2) is 5.99. The lowest BCUT2D eigenvalue weighted by molar-refractivity contribution is -0.132. The zero-order valence-corrected chi connectivity index (χ0v) is 10.7. The first-order valence-corrected chi connectivity index (χ1v) is 6.15. The molecule has 0 radical (unpaired) electrons. The van der Waals surface area contributed by atoms with Gasteiger partial charge in [-0.3, -0.25) is 10.2 Å². The molecule has 0 bridgehead atoms. The molecule has 1 aromatic carbocycles. The third-order valence-electron chi connectivity index (χ3n) is 3.10. The molecule has 6 heteroatoms. The van der Waals surface area contributed by atoms with E-state index in [1.54, 1.807) is 13.0 Å². The number of carbonyl (C=O) groups is 1. The number of hydrogen-bond donors (Lipinski definition) is 2. The summed E-state index contributed by atoms with van der Waals surface area (Å²) in [6.45, 7) is 2.11. The quantitative estimate of drug-likeness (QED) is 0.486. The molecule has 0 aromatic heterocycles. The number of nitrogens with one attached hydrogen (secondary N) is 1. The van der Waals surface area contributed by atoms with Crippen LogP contribution >= 0.6 is 0 Å². The molecular formula is C13H17FN2O3. The van der Waals surface area contributed by atoms with Crippen molar-refractivity contribution >= 4 is 5.91 Å². The predicted octanol–water partition coefficient (Wildman–Crippen LogP) is 1.05. The number of hydrazine groups is 1. The lowest BCUT2D eigenvalue weighted by atomic mass is 10.2. The average molecular weight is 268 g/mol. The minimum Gasteiger partial charge on any atom is -0.491 e. The number of rotatable bonds is 4. The minimum atomic E-state index is -0.507. The molecule has 1 fully saturated rings. The normalized spacial score (nSPS) is 22.3. The van der Waals surface area contributed by atoms with Gasteiger partial charge in [0.1, 0.15) is 24.3 Å². The summed E-state index contributed by atoms with van der Waals surface area (Å²) < 4.78 is 24.0. The number of ether oxygens (including phenoxy) is 2. The second-order valence-corrected chi connectivity index (χ2v) is 4.55. The number of hydrogen-bond acceptors (Lipinski definition) is 4. The van der Waals surface area contributed by atoms with E-state index in [0.717, 1.165) is 12.0 Å². The monoisotopic (exact) mass is 268 g/mol. The van der Waals surface area contributed by atoms with E-state index >= 15 is 0 Å². The maximum atomic E-state index is 12.9. The third kappa shape index (κ3) is 3.42. The predicted molar refractivity (Wildman–Crippen MR) is 66.9 cm³/mol. The molecule has 2 rings (SSSR count). The zero-order valence-electron chi connectivity index (χ0n) is 10.7. The summed E-state index contributed by atoms with van der Waals surface area (Å²) >= 11 is 0. The Hall–Kier alpha value is -1.66. The largest absolute Gasteiger partial charge is 0.491 e. The summed E-state index contributed by atoms with van der Waals surface area (Å²) in [6.07, 6.45) is 0.706. The Morgan fingerprint density at radius 3 is 3.05 bits per heavy atom. The van der Waals surface area contributed by atoms with Gasteiger partial charge in [-0.2, -0.15) is 0 Å². The van der Waals surface area contributed by atoms with Gasteiger partial charge in [0.2, 0.25) is 0 Å².